The Bertz CT molecular complexity index is 686. The van der Waals surface area contributed by atoms with Crippen molar-refractivity contribution in [3.8, 4) is 11.4 Å². The second kappa shape index (κ2) is 3.93. The number of rotatable bonds is 1. The molecule has 84 valence electrons. The minimum Gasteiger partial charge on any atom is -0.338 e. The Morgan fingerprint density at radius 2 is 2.00 bits per heavy atom. The lowest BCUT2D eigenvalue weighted by Gasteiger charge is -1.97. The van der Waals surface area contributed by atoms with E-state index in [1.807, 2.05) is 24.3 Å². The van der Waals surface area contributed by atoms with Crippen LogP contribution in [0, 0.1) is 6.92 Å². The van der Waals surface area contributed by atoms with Gasteiger partial charge in [-0.15, -0.1) is 12.6 Å². The van der Waals surface area contributed by atoms with E-state index in [4.69, 9.17) is 0 Å². The van der Waals surface area contributed by atoms with Crippen molar-refractivity contribution >= 4 is 23.7 Å². The standard InChI is InChI=1S/C14H12N2S/c1-9-3-2-4-10(7-9)14-15-12-6-5-11(17)8-13(12)16-14/h2-8,17H,1H3,(H,15,16). The molecule has 0 radical (unpaired) electrons. The van der Waals surface area contributed by atoms with Crippen LogP contribution in [0.5, 0.6) is 0 Å². The van der Waals surface area contributed by atoms with E-state index in [9.17, 15) is 0 Å². The largest absolute Gasteiger partial charge is 0.338 e. The van der Waals surface area contributed by atoms with Gasteiger partial charge in [-0.1, -0.05) is 23.8 Å². The van der Waals surface area contributed by atoms with Gasteiger partial charge < -0.3 is 4.98 Å². The molecule has 0 bridgehead atoms. The number of benzene rings is 2. The first-order valence-corrected chi connectivity index (χ1v) is 5.93. The monoisotopic (exact) mass is 240 g/mol. The van der Waals surface area contributed by atoms with Crippen molar-refractivity contribution in [1.82, 2.24) is 9.97 Å². The Labute approximate surface area is 105 Å². The van der Waals surface area contributed by atoms with E-state index in [2.05, 4.69) is 47.7 Å². The van der Waals surface area contributed by atoms with Gasteiger partial charge in [0.05, 0.1) is 11.0 Å². The molecule has 0 saturated carbocycles. The highest BCUT2D eigenvalue weighted by molar-refractivity contribution is 7.80. The van der Waals surface area contributed by atoms with Gasteiger partial charge in [0.2, 0.25) is 0 Å². The van der Waals surface area contributed by atoms with Crippen molar-refractivity contribution in [3.05, 3.63) is 48.0 Å². The Hall–Kier alpha value is -1.74. The van der Waals surface area contributed by atoms with Gasteiger partial charge in [-0.2, -0.15) is 0 Å². The lowest BCUT2D eigenvalue weighted by Crippen LogP contribution is -1.80. The van der Waals surface area contributed by atoms with Crippen LogP contribution in [0.25, 0.3) is 22.4 Å². The van der Waals surface area contributed by atoms with Crippen molar-refractivity contribution in [2.24, 2.45) is 0 Å². The van der Waals surface area contributed by atoms with E-state index in [1.54, 1.807) is 0 Å². The lowest BCUT2D eigenvalue weighted by atomic mass is 10.1. The summed E-state index contributed by atoms with van der Waals surface area (Å²) in [6.45, 7) is 2.08. The number of aryl methyl sites for hydroxylation is 1. The van der Waals surface area contributed by atoms with Crippen LogP contribution in [0.15, 0.2) is 47.4 Å². The van der Waals surface area contributed by atoms with Crippen molar-refractivity contribution in [2.45, 2.75) is 11.8 Å². The van der Waals surface area contributed by atoms with E-state index in [0.717, 1.165) is 27.3 Å². The van der Waals surface area contributed by atoms with Crippen molar-refractivity contribution in [3.63, 3.8) is 0 Å². The highest BCUT2D eigenvalue weighted by Crippen LogP contribution is 2.22. The third-order valence-corrected chi connectivity index (χ3v) is 3.04. The molecule has 2 nitrogen and oxygen atoms in total. The number of aromatic amines is 1. The molecule has 3 rings (SSSR count). The smallest absolute Gasteiger partial charge is 0.138 e. The molecular weight excluding hydrogens is 228 g/mol. The molecule has 0 fully saturated rings. The molecule has 0 aliphatic rings. The van der Waals surface area contributed by atoms with Gasteiger partial charge in [0.15, 0.2) is 0 Å². The summed E-state index contributed by atoms with van der Waals surface area (Å²) in [6, 6.07) is 14.2. The zero-order chi connectivity index (χ0) is 11.8. The highest BCUT2D eigenvalue weighted by Gasteiger charge is 2.05. The molecule has 3 heteroatoms. The molecule has 0 aliphatic carbocycles. The Balaban J connectivity index is 2.18. The quantitative estimate of drug-likeness (QED) is 0.622. The number of H-pyrrole nitrogens is 1. The maximum absolute atomic E-state index is 4.58. The van der Waals surface area contributed by atoms with Crippen LogP contribution in [0.1, 0.15) is 5.56 Å². The van der Waals surface area contributed by atoms with Gasteiger partial charge in [-0.3, -0.25) is 0 Å². The summed E-state index contributed by atoms with van der Waals surface area (Å²) in [6.07, 6.45) is 0. The number of nitrogens with one attached hydrogen (secondary N) is 1. The fraction of sp³-hybridized carbons (Fsp3) is 0.0714. The first-order chi connectivity index (χ1) is 8.22. The second-order valence-corrected chi connectivity index (χ2v) is 4.67. The average molecular weight is 240 g/mol. The van der Waals surface area contributed by atoms with Crippen LogP contribution < -0.4 is 0 Å². The fourth-order valence-electron chi connectivity index (χ4n) is 1.93. The molecular formula is C14H12N2S. The number of aromatic nitrogens is 2. The predicted molar refractivity (Wildman–Crippen MR) is 73.5 cm³/mol. The molecule has 0 aliphatic heterocycles. The summed E-state index contributed by atoms with van der Waals surface area (Å²) < 4.78 is 0. The molecule has 2 aromatic carbocycles. The summed E-state index contributed by atoms with van der Waals surface area (Å²) in [5.74, 6) is 0.905. The molecule has 1 heterocycles. The summed E-state index contributed by atoms with van der Waals surface area (Å²) in [5, 5.41) is 0. The van der Waals surface area contributed by atoms with Crippen LogP contribution in [0.2, 0.25) is 0 Å². The van der Waals surface area contributed by atoms with Gasteiger partial charge in [0.1, 0.15) is 5.82 Å². The fourth-order valence-corrected chi connectivity index (χ4v) is 2.13. The first-order valence-electron chi connectivity index (χ1n) is 5.48. The van der Waals surface area contributed by atoms with Gasteiger partial charge in [0.25, 0.3) is 0 Å². The SMILES string of the molecule is Cc1cccc(-c2nc3ccc(S)cc3[nH]2)c1. The lowest BCUT2D eigenvalue weighted by molar-refractivity contribution is 1.32. The summed E-state index contributed by atoms with van der Waals surface area (Å²) in [7, 11) is 0. The molecule has 3 aromatic rings. The molecule has 0 amide bonds. The number of imidazole rings is 1. The number of fused-ring (bicyclic) bond motifs is 1. The van der Waals surface area contributed by atoms with Crippen LogP contribution in [0.4, 0.5) is 0 Å². The summed E-state index contributed by atoms with van der Waals surface area (Å²) >= 11 is 4.33. The molecule has 1 aromatic heterocycles. The third-order valence-electron chi connectivity index (χ3n) is 2.76. The third kappa shape index (κ3) is 1.94. The van der Waals surface area contributed by atoms with Crippen molar-refractivity contribution in [1.29, 1.82) is 0 Å². The zero-order valence-corrected chi connectivity index (χ0v) is 10.3. The number of thiol groups is 1. The van der Waals surface area contributed by atoms with E-state index in [1.165, 1.54) is 5.56 Å². The number of nitrogens with zero attached hydrogens (tertiary/aromatic N) is 1. The molecule has 1 N–H and O–H groups in total. The molecule has 0 unspecified atom stereocenters. The van der Waals surface area contributed by atoms with Gasteiger partial charge in [-0.25, -0.2) is 4.98 Å². The van der Waals surface area contributed by atoms with Gasteiger partial charge in [0, 0.05) is 10.5 Å². The second-order valence-electron chi connectivity index (χ2n) is 4.16. The van der Waals surface area contributed by atoms with E-state index < -0.39 is 0 Å². The average Bonchev–Trinajstić information content (AvgIpc) is 2.72. The first kappa shape index (κ1) is 10.4. The van der Waals surface area contributed by atoms with E-state index in [0.29, 0.717) is 0 Å². The topological polar surface area (TPSA) is 28.7 Å². The van der Waals surface area contributed by atoms with Crippen molar-refractivity contribution in [2.75, 3.05) is 0 Å². The van der Waals surface area contributed by atoms with Crippen LogP contribution >= 0.6 is 12.6 Å². The molecule has 0 atom stereocenters. The van der Waals surface area contributed by atoms with Gasteiger partial charge in [-0.05, 0) is 31.2 Å². The Morgan fingerprint density at radius 3 is 2.82 bits per heavy atom. The van der Waals surface area contributed by atoms with Crippen LogP contribution in [0.3, 0.4) is 0 Å². The van der Waals surface area contributed by atoms with Gasteiger partial charge >= 0.3 is 0 Å². The number of hydrogen-bond donors (Lipinski definition) is 2. The normalized spacial score (nSPS) is 10.9. The minimum atomic E-state index is 0.905. The Morgan fingerprint density at radius 1 is 1.12 bits per heavy atom. The molecule has 17 heavy (non-hydrogen) atoms. The molecule has 0 spiro atoms. The number of hydrogen-bond acceptors (Lipinski definition) is 2. The Kier molecular flexibility index (Phi) is 2.41. The van der Waals surface area contributed by atoms with Crippen LogP contribution in [-0.2, 0) is 0 Å². The van der Waals surface area contributed by atoms with Crippen molar-refractivity contribution < 1.29 is 0 Å². The highest BCUT2D eigenvalue weighted by atomic mass is 32.1. The maximum Gasteiger partial charge on any atom is 0.138 e. The van der Waals surface area contributed by atoms with E-state index >= 15 is 0 Å². The zero-order valence-electron chi connectivity index (χ0n) is 9.44. The van der Waals surface area contributed by atoms with Crippen LogP contribution in [-0.4, -0.2) is 9.97 Å². The maximum atomic E-state index is 4.58. The minimum absolute atomic E-state index is 0.905. The van der Waals surface area contributed by atoms with E-state index in [-0.39, 0.29) is 0 Å². The predicted octanol–water partition coefficient (Wildman–Crippen LogP) is 3.83. The molecule has 0 saturated heterocycles. The summed E-state index contributed by atoms with van der Waals surface area (Å²) in [5.41, 5.74) is 4.34. The summed E-state index contributed by atoms with van der Waals surface area (Å²) in [4.78, 5) is 8.84.